The van der Waals surface area contributed by atoms with Crippen LogP contribution in [0.2, 0.25) is 0 Å². The van der Waals surface area contributed by atoms with E-state index in [0.717, 1.165) is 11.3 Å². The summed E-state index contributed by atoms with van der Waals surface area (Å²) in [5.74, 6) is 1.16. The van der Waals surface area contributed by atoms with Crippen molar-refractivity contribution in [3.8, 4) is 0 Å². The first-order valence-electron chi connectivity index (χ1n) is 6.75. The van der Waals surface area contributed by atoms with Crippen LogP contribution < -0.4 is 10.0 Å². The number of rotatable bonds is 6. The maximum atomic E-state index is 12.2. The number of benzene rings is 1. The number of hydrogen-bond donors (Lipinski definition) is 2. The van der Waals surface area contributed by atoms with Crippen LogP contribution in [0.1, 0.15) is 24.0 Å². The molecule has 2 rings (SSSR count). The van der Waals surface area contributed by atoms with Crippen LogP contribution in [0.15, 0.2) is 45.7 Å². The average Bonchev–Trinajstić information content (AvgIpc) is 2.89. The van der Waals surface area contributed by atoms with Crippen LogP contribution in [-0.2, 0) is 27.9 Å². The number of nitrogens with one attached hydrogen (secondary N) is 2. The smallest absolute Gasteiger partial charge is 0.240 e. The van der Waals surface area contributed by atoms with Crippen LogP contribution in [-0.4, -0.2) is 14.3 Å². The van der Waals surface area contributed by atoms with Crippen molar-refractivity contribution >= 4 is 15.9 Å². The van der Waals surface area contributed by atoms with Gasteiger partial charge in [0, 0.05) is 13.5 Å². The summed E-state index contributed by atoms with van der Waals surface area (Å²) in [7, 11) is -3.59. The Morgan fingerprint density at radius 2 is 1.77 bits per heavy atom. The van der Waals surface area contributed by atoms with Gasteiger partial charge in [0.05, 0.1) is 11.4 Å². The third-order valence-corrected chi connectivity index (χ3v) is 4.42. The minimum atomic E-state index is -3.59. The highest BCUT2D eigenvalue weighted by molar-refractivity contribution is 7.89. The van der Waals surface area contributed by atoms with E-state index in [0.29, 0.717) is 12.3 Å². The van der Waals surface area contributed by atoms with Crippen molar-refractivity contribution in [3.63, 3.8) is 0 Å². The van der Waals surface area contributed by atoms with E-state index >= 15 is 0 Å². The Balaban J connectivity index is 2.01. The molecule has 1 amide bonds. The predicted octanol–water partition coefficient (Wildman–Crippen LogP) is 1.70. The van der Waals surface area contributed by atoms with Crippen LogP contribution in [0.3, 0.4) is 0 Å². The summed E-state index contributed by atoms with van der Waals surface area (Å²) >= 11 is 0. The molecule has 0 spiro atoms. The van der Waals surface area contributed by atoms with E-state index in [1.54, 1.807) is 31.2 Å². The van der Waals surface area contributed by atoms with Gasteiger partial charge in [0.1, 0.15) is 11.5 Å². The molecule has 2 aromatic rings. The van der Waals surface area contributed by atoms with Gasteiger partial charge in [0.2, 0.25) is 15.9 Å². The van der Waals surface area contributed by atoms with Crippen molar-refractivity contribution in [2.45, 2.75) is 31.8 Å². The molecule has 22 heavy (non-hydrogen) atoms. The third-order valence-electron chi connectivity index (χ3n) is 3.01. The van der Waals surface area contributed by atoms with Gasteiger partial charge in [0.25, 0.3) is 0 Å². The molecule has 118 valence electrons. The molecule has 6 nitrogen and oxygen atoms in total. The maximum Gasteiger partial charge on any atom is 0.240 e. The third kappa shape index (κ3) is 4.44. The molecule has 1 aromatic heterocycles. The van der Waals surface area contributed by atoms with E-state index in [1.807, 2.05) is 0 Å². The molecule has 0 unspecified atom stereocenters. The van der Waals surface area contributed by atoms with Gasteiger partial charge < -0.3 is 9.73 Å². The van der Waals surface area contributed by atoms with E-state index in [2.05, 4.69) is 10.0 Å². The van der Waals surface area contributed by atoms with E-state index in [-0.39, 0.29) is 17.3 Å². The summed E-state index contributed by atoms with van der Waals surface area (Å²) in [5.41, 5.74) is 0.829. The van der Waals surface area contributed by atoms with Crippen molar-refractivity contribution in [2.75, 3.05) is 0 Å². The molecule has 7 heteroatoms. The number of sulfonamides is 1. The highest BCUT2D eigenvalue weighted by Gasteiger charge is 2.14. The minimum absolute atomic E-state index is 0.101. The van der Waals surface area contributed by atoms with Gasteiger partial charge in [0.15, 0.2) is 0 Å². The highest BCUT2D eigenvalue weighted by Crippen LogP contribution is 2.12. The van der Waals surface area contributed by atoms with E-state index in [1.165, 1.54) is 19.1 Å². The van der Waals surface area contributed by atoms with E-state index in [4.69, 9.17) is 4.42 Å². The zero-order chi connectivity index (χ0) is 16.2. The lowest BCUT2D eigenvalue weighted by Crippen LogP contribution is -2.23. The second kappa shape index (κ2) is 6.76. The lowest BCUT2D eigenvalue weighted by molar-refractivity contribution is -0.119. The molecule has 0 aliphatic heterocycles. The van der Waals surface area contributed by atoms with Crippen LogP contribution in [0.4, 0.5) is 0 Å². The summed E-state index contributed by atoms with van der Waals surface area (Å²) in [6, 6.07) is 9.86. The second-order valence-electron chi connectivity index (χ2n) is 4.89. The van der Waals surface area contributed by atoms with E-state index in [9.17, 15) is 13.2 Å². The number of furan rings is 1. The number of carbonyl (C=O) groups is 1. The lowest BCUT2D eigenvalue weighted by Gasteiger charge is -2.07. The van der Waals surface area contributed by atoms with Crippen molar-refractivity contribution in [1.29, 1.82) is 0 Å². The molecule has 1 aromatic carbocycles. The predicted molar refractivity (Wildman–Crippen MR) is 81.4 cm³/mol. The summed E-state index contributed by atoms with van der Waals surface area (Å²) in [4.78, 5) is 11.0. The van der Waals surface area contributed by atoms with Crippen molar-refractivity contribution in [2.24, 2.45) is 0 Å². The van der Waals surface area contributed by atoms with Gasteiger partial charge in [-0.2, -0.15) is 0 Å². The molecule has 2 N–H and O–H groups in total. The quantitative estimate of drug-likeness (QED) is 0.847. The Labute approximate surface area is 129 Å². The normalized spacial score (nSPS) is 11.4. The van der Waals surface area contributed by atoms with Gasteiger partial charge in [-0.1, -0.05) is 12.1 Å². The average molecular weight is 322 g/mol. The summed E-state index contributed by atoms with van der Waals surface area (Å²) < 4.78 is 32.1. The Bertz CT molecular complexity index is 748. The van der Waals surface area contributed by atoms with Crippen LogP contribution in [0, 0.1) is 6.92 Å². The van der Waals surface area contributed by atoms with Gasteiger partial charge in [-0.25, -0.2) is 13.1 Å². The molecule has 0 saturated carbocycles. The van der Waals surface area contributed by atoms with Gasteiger partial charge in [-0.05, 0) is 36.8 Å². The fraction of sp³-hybridized carbons (Fsp3) is 0.267. The Morgan fingerprint density at radius 1 is 1.09 bits per heavy atom. The molecule has 0 atom stereocenters. The minimum Gasteiger partial charge on any atom is -0.465 e. The molecule has 0 fully saturated rings. The van der Waals surface area contributed by atoms with Gasteiger partial charge >= 0.3 is 0 Å². The molecular weight excluding hydrogens is 304 g/mol. The molecule has 0 aliphatic carbocycles. The first kappa shape index (κ1) is 16.3. The zero-order valence-corrected chi connectivity index (χ0v) is 13.2. The van der Waals surface area contributed by atoms with Crippen LogP contribution >= 0.6 is 0 Å². The largest absolute Gasteiger partial charge is 0.465 e. The number of hydrogen-bond acceptors (Lipinski definition) is 4. The first-order valence-corrected chi connectivity index (χ1v) is 8.23. The second-order valence-corrected chi connectivity index (χ2v) is 6.66. The standard InChI is InChI=1S/C15H18N2O4S/c1-11-3-6-14(21-11)10-17-22(19,20)15-7-4-13(5-8-15)9-16-12(2)18/h3-8,17H,9-10H2,1-2H3,(H,16,18). The van der Waals surface area contributed by atoms with Gasteiger partial charge in [-0.3, -0.25) is 4.79 Å². The molecule has 0 bridgehead atoms. The van der Waals surface area contributed by atoms with Crippen molar-refractivity contribution in [1.82, 2.24) is 10.0 Å². The summed E-state index contributed by atoms with van der Waals surface area (Å²) in [5, 5.41) is 2.65. The van der Waals surface area contributed by atoms with Crippen LogP contribution in [0.5, 0.6) is 0 Å². The Morgan fingerprint density at radius 3 is 2.32 bits per heavy atom. The molecular formula is C15H18N2O4S. The highest BCUT2D eigenvalue weighted by atomic mass is 32.2. The lowest BCUT2D eigenvalue weighted by atomic mass is 10.2. The van der Waals surface area contributed by atoms with E-state index < -0.39 is 10.0 Å². The van der Waals surface area contributed by atoms with Crippen molar-refractivity contribution < 1.29 is 17.6 Å². The van der Waals surface area contributed by atoms with Gasteiger partial charge in [-0.15, -0.1) is 0 Å². The summed E-state index contributed by atoms with van der Waals surface area (Å²) in [6.07, 6.45) is 0. The van der Waals surface area contributed by atoms with Crippen LogP contribution in [0.25, 0.3) is 0 Å². The topological polar surface area (TPSA) is 88.4 Å². The molecule has 0 aliphatic rings. The van der Waals surface area contributed by atoms with Crippen molar-refractivity contribution in [3.05, 3.63) is 53.5 Å². The Kier molecular flexibility index (Phi) is 4.99. The fourth-order valence-corrected chi connectivity index (χ4v) is 2.84. The molecule has 0 saturated heterocycles. The fourth-order valence-electron chi connectivity index (χ4n) is 1.84. The monoisotopic (exact) mass is 322 g/mol. The number of aryl methyl sites for hydroxylation is 1. The summed E-state index contributed by atoms with van der Waals surface area (Å²) in [6.45, 7) is 3.70. The zero-order valence-electron chi connectivity index (χ0n) is 12.4. The number of amides is 1. The SMILES string of the molecule is CC(=O)NCc1ccc(S(=O)(=O)NCc2ccc(C)o2)cc1. The number of carbonyl (C=O) groups excluding carboxylic acids is 1. The molecule has 0 radical (unpaired) electrons. The first-order chi connectivity index (χ1) is 10.4. The Hall–Kier alpha value is -2.12. The molecule has 1 heterocycles. The maximum absolute atomic E-state index is 12.2.